The average Bonchev–Trinajstić information content (AvgIpc) is 1.41. The average molecular weight is 178 g/mol. The molecule has 0 aromatic rings. The van der Waals surface area contributed by atoms with Crippen LogP contribution >= 0.6 is 0 Å². The van der Waals surface area contributed by atoms with Gasteiger partial charge in [0.2, 0.25) is 0 Å². The maximum absolute atomic E-state index is 8.07. The summed E-state index contributed by atoms with van der Waals surface area (Å²) < 4.78 is 0. The standard InChI is InChI=1S/C4H10O.BrH.Mg/c1-2-3-4-5;;/h5H,2-4H2,1H3;1H;/q;;+2/p-1. The molecular weight excluding hydrogens is 168 g/mol. The first kappa shape index (κ1) is 15.7. The number of unbranched alkanes of at least 4 members (excludes halogenated alkanes) is 1. The van der Waals surface area contributed by atoms with Gasteiger partial charge in [-0.3, -0.25) is 0 Å². The van der Waals surface area contributed by atoms with Crippen LogP contribution in [0, 0.1) is 0 Å². The van der Waals surface area contributed by atoms with Crippen LogP contribution in [0.3, 0.4) is 0 Å². The van der Waals surface area contributed by atoms with E-state index in [4.69, 9.17) is 5.11 Å². The molecule has 0 unspecified atom stereocenters. The summed E-state index contributed by atoms with van der Waals surface area (Å²) in [5, 5.41) is 8.07. The smallest absolute Gasteiger partial charge is 1.00 e. The molecule has 0 atom stereocenters. The summed E-state index contributed by atoms with van der Waals surface area (Å²) in [7, 11) is 0. The van der Waals surface area contributed by atoms with Crippen molar-refractivity contribution in [1.82, 2.24) is 0 Å². The second-order valence-electron chi connectivity index (χ2n) is 1.08. The summed E-state index contributed by atoms with van der Waals surface area (Å²) in [4.78, 5) is 0. The molecule has 0 spiro atoms. The Hall–Kier alpha value is 1.21. The third kappa shape index (κ3) is 19.0. The summed E-state index contributed by atoms with van der Waals surface area (Å²) in [5.74, 6) is 0. The van der Waals surface area contributed by atoms with Gasteiger partial charge >= 0.3 is 23.1 Å². The van der Waals surface area contributed by atoms with Crippen molar-refractivity contribution in [3.05, 3.63) is 0 Å². The molecule has 0 amide bonds. The van der Waals surface area contributed by atoms with Crippen molar-refractivity contribution < 1.29 is 22.1 Å². The minimum absolute atomic E-state index is 0. The molecule has 0 aliphatic rings. The number of aliphatic hydroxyl groups is 1. The number of hydrogen-bond donors (Lipinski definition) is 1. The van der Waals surface area contributed by atoms with Gasteiger partial charge in [0.1, 0.15) is 0 Å². The monoisotopic (exact) mass is 177 g/mol. The van der Waals surface area contributed by atoms with Gasteiger partial charge in [-0.15, -0.1) is 0 Å². The molecule has 0 radical (unpaired) electrons. The molecule has 0 bridgehead atoms. The van der Waals surface area contributed by atoms with E-state index in [2.05, 4.69) is 6.92 Å². The minimum atomic E-state index is 0. The molecule has 7 heavy (non-hydrogen) atoms. The van der Waals surface area contributed by atoms with Gasteiger partial charge in [0.15, 0.2) is 0 Å². The van der Waals surface area contributed by atoms with E-state index in [-0.39, 0.29) is 40.0 Å². The fourth-order valence-electron chi connectivity index (χ4n) is 0.158. The third-order valence-corrected chi connectivity index (χ3v) is 0.512. The van der Waals surface area contributed by atoms with E-state index >= 15 is 0 Å². The van der Waals surface area contributed by atoms with Crippen LogP contribution in [0.2, 0.25) is 0 Å². The molecule has 0 aliphatic carbocycles. The van der Waals surface area contributed by atoms with Crippen molar-refractivity contribution in [3.63, 3.8) is 0 Å². The van der Waals surface area contributed by atoms with Gasteiger partial charge in [-0.05, 0) is 6.42 Å². The molecule has 0 fully saturated rings. The van der Waals surface area contributed by atoms with Crippen molar-refractivity contribution in [3.8, 4) is 0 Å². The van der Waals surface area contributed by atoms with Crippen molar-refractivity contribution in [1.29, 1.82) is 0 Å². The molecule has 0 aromatic heterocycles. The van der Waals surface area contributed by atoms with Crippen molar-refractivity contribution >= 4 is 23.1 Å². The van der Waals surface area contributed by atoms with Crippen LogP contribution in [0.25, 0.3) is 0 Å². The molecule has 0 saturated carbocycles. The SMILES string of the molecule is CCCCO.[Br-].[Mg+2]. The van der Waals surface area contributed by atoms with E-state index < -0.39 is 0 Å². The number of halogens is 1. The molecule has 0 saturated heterocycles. The maximum atomic E-state index is 8.07. The van der Waals surface area contributed by atoms with Crippen LogP contribution in [0.15, 0.2) is 0 Å². The Morgan fingerprint density at radius 3 is 1.86 bits per heavy atom. The number of rotatable bonds is 2. The summed E-state index contributed by atoms with van der Waals surface area (Å²) in [6.07, 6.45) is 2.04. The summed E-state index contributed by atoms with van der Waals surface area (Å²) in [6, 6.07) is 0. The normalized spacial score (nSPS) is 6.00. The molecular formula is C4H10BrMgO+. The minimum Gasteiger partial charge on any atom is -1.00 e. The van der Waals surface area contributed by atoms with E-state index in [1.54, 1.807) is 0 Å². The van der Waals surface area contributed by atoms with E-state index in [0.29, 0.717) is 6.61 Å². The van der Waals surface area contributed by atoms with Crippen LogP contribution in [-0.4, -0.2) is 34.8 Å². The molecule has 0 aromatic carbocycles. The molecule has 1 nitrogen and oxygen atoms in total. The molecule has 3 heteroatoms. The predicted molar refractivity (Wildman–Crippen MR) is 27.7 cm³/mol. The van der Waals surface area contributed by atoms with E-state index in [9.17, 15) is 0 Å². The zero-order chi connectivity index (χ0) is 4.12. The van der Waals surface area contributed by atoms with Crippen molar-refractivity contribution in [2.75, 3.05) is 6.61 Å². The summed E-state index contributed by atoms with van der Waals surface area (Å²) in [5.41, 5.74) is 0. The third-order valence-electron chi connectivity index (χ3n) is 0.512. The van der Waals surface area contributed by atoms with Crippen LogP contribution in [0.4, 0.5) is 0 Å². The van der Waals surface area contributed by atoms with Gasteiger partial charge in [0.25, 0.3) is 0 Å². The van der Waals surface area contributed by atoms with Gasteiger partial charge in [-0.25, -0.2) is 0 Å². The Morgan fingerprint density at radius 1 is 1.43 bits per heavy atom. The Kier molecular flexibility index (Phi) is 35.2. The zero-order valence-corrected chi connectivity index (χ0v) is 7.65. The first-order chi connectivity index (χ1) is 2.41. The number of hydrogen-bond acceptors (Lipinski definition) is 1. The van der Waals surface area contributed by atoms with E-state index in [0.717, 1.165) is 12.8 Å². The Labute approximate surface area is 71.4 Å². The van der Waals surface area contributed by atoms with Crippen LogP contribution in [-0.2, 0) is 0 Å². The van der Waals surface area contributed by atoms with Crippen molar-refractivity contribution in [2.45, 2.75) is 19.8 Å². The van der Waals surface area contributed by atoms with Gasteiger partial charge in [-0.2, -0.15) is 0 Å². The van der Waals surface area contributed by atoms with Gasteiger partial charge in [0.05, 0.1) is 0 Å². The fourth-order valence-corrected chi connectivity index (χ4v) is 0.158. The summed E-state index contributed by atoms with van der Waals surface area (Å²) in [6.45, 7) is 2.40. The molecule has 0 aliphatic heterocycles. The molecule has 0 heterocycles. The van der Waals surface area contributed by atoms with E-state index in [1.807, 2.05) is 0 Å². The van der Waals surface area contributed by atoms with Gasteiger partial charge in [0, 0.05) is 6.61 Å². The van der Waals surface area contributed by atoms with Gasteiger partial charge in [-0.1, -0.05) is 13.3 Å². The molecule has 1 N–H and O–H groups in total. The van der Waals surface area contributed by atoms with Crippen LogP contribution in [0.5, 0.6) is 0 Å². The Morgan fingerprint density at radius 2 is 1.86 bits per heavy atom. The maximum Gasteiger partial charge on any atom is 2.00 e. The molecule has 40 valence electrons. The summed E-state index contributed by atoms with van der Waals surface area (Å²) >= 11 is 0. The Bertz CT molecular complexity index is 19.2. The van der Waals surface area contributed by atoms with E-state index in [1.165, 1.54) is 0 Å². The fraction of sp³-hybridized carbons (Fsp3) is 1.00. The van der Waals surface area contributed by atoms with Crippen LogP contribution < -0.4 is 17.0 Å². The topological polar surface area (TPSA) is 20.2 Å². The predicted octanol–water partition coefficient (Wildman–Crippen LogP) is -2.60. The van der Waals surface area contributed by atoms with Crippen molar-refractivity contribution in [2.24, 2.45) is 0 Å². The molecule has 0 rings (SSSR count). The second kappa shape index (κ2) is 15.7. The first-order valence-corrected chi connectivity index (χ1v) is 2.02. The van der Waals surface area contributed by atoms with Gasteiger partial charge < -0.3 is 22.1 Å². The number of aliphatic hydroxyl groups excluding tert-OH is 1. The quantitative estimate of drug-likeness (QED) is 0.460. The largest absolute Gasteiger partial charge is 2.00 e. The van der Waals surface area contributed by atoms with Crippen LogP contribution in [0.1, 0.15) is 19.8 Å². The second-order valence-corrected chi connectivity index (χ2v) is 1.08. The zero-order valence-electron chi connectivity index (χ0n) is 4.65. The Balaban J connectivity index is -0.0000000800. The first-order valence-electron chi connectivity index (χ1n) is 2.02.